The van der Waals surface area contributed by atoms with Crippen molar-refractivity contribution in [1.29, 1.82) is 0 Å². The SMILES string of the molecule is c1cc(-c2noc([C@H]3CCN3)n2)ccn1. The van der Waals surface area contributed by atoms with Gasteiger partial charge in [-0.1, -0.05) is 5.16 Å². The van der Waals surface area contributed by atoms with E-state index in [-0.39, 0.29) is 6.04 Å². The second-order valence-corrected chi connectivity index (χ2v) is 3.49. The normalized spacial score (nSPS) is 19.9. The van der Waals surface area contributed by atoms with Gasteiger partial charge < -0.3 is 9.84 Å². The summed E-state index contributed by atoms with van der Waals surface area (Å²) in [5.74, 6) is 1.30. The predicted molar refractivity (Wildman–Crippen MR) is 52.9 cm³/mol. The Morgan fingerprint density at radius 2 is 2.13 bits per heavy atom. The van der Waals surface area contributed by atoms with Crippen LogP contribution in [0.2, 0.25) is 0 Å². The molecule has 3 heterocycles. The van der Waals surface area contributed by atoms with Crippen LogP contribution in [0.3, 0.4) is 0 Å². The standard InChI is InChI=1S/C10H10N4O/c1-4-11-5-2-7(1)9-13-10(15-14-9)8-3-6-12-8/h1-2,4-5,8,12H,3,6H2/t8-/m1/s1. The molecule has 76 valence electrons. The number of aromatic nitrogens is 3. The van der Waals surface area contributed by atoms with Crippen molar-refractivity contribution in [3.05, 3.63) is 30.4 Å². The van der Waals surface area contributed by atoms with Gasteiger partial charge in [0.1, 0.15) is 0 Å². The first-order chi connectivity index (χ1) is 7.43. The summed E-state index contributed by atoms with van der Waals surface area (Å²) in [6, 6.07) is 3.97. The predicted octanol–water partition coefficient (Wildman–Crippen LogP) is 1.17. The molecule has 1 atom stereocenters. The molecule has 2 aromatic heterocycles. The smallest absolute Gasteiger partial charge is 0.244 e. The molecule has 0 bridgehead atoms. The molecule has 0 amide bonds. The molecule has 1 N–H and O–H groups in total. The summed E-state index contributed by atoms with van der Waals surface area (Å²) in [6.07, 6.45) is 4.50. The van der Waals surface area contributed by atoms with Gasteiger partial charge in [-0.05, 0) is 25.1 Å². The number of pyridine rings is 1. The van der Waals surface area contributed by atoms with E-state index in [1.165, 1.54) is 0 Å². The summed E-state index contributed by atoms with van der Waals surface area (Å²) in [5, 5.41) is 7.15. The quantitative estimate of drug-likeness (QED) is 0.791. The Labute approximate surface area is 86.5 Å². The van der Waals surface area contributed by atoms with Crippen molar-refractivity contribution < 1.29 is 4.52 Å². The maximum atomic E-state index is 5.18. The van der Waals surface area contributed by atoms with Crippen molar-refractivity contribution in [2.75, 3.05) is 6.54 Å². The number of hydrogen-bond acceptors (Lipinski definition) is 5. The van der Waals surface area contributed by atoms with Crippen LogP contribution in [0.5, 0.6) is 0 Å². The first kappa shape index (κ1) is 8.55. The lowest BCUT2D eigenvalue weighted by Gasteiger charge is -2.23. The van der Waals surface area contributed by atoms with Gasteiger partial charge in [-0.3, -0.25) is 4.98 Å². The maximum Gasteiger partial charge on any atom is 0.244 e. The summed E-state index contributed by atoms with van der Waals surface area (Å²) in [5.41, 5.74) is 0.930. The van der Waals surface area contributed by atoms with E-state index >= 15 is 0 Å². The molecule has 5 nitrogen and oxygen atoms in total. The lowest BCUT2D eigenvalue weighted by atomic mass is 10.1. The molecule has 0 radical (unpaired) electrons. The van der Waals surface area contributed by atoms with Crippen LogP contribution in [0.15, 0.2) is 29.0 Å². The van der Waals surface area contributed by atoms with Crippen molar-refractivity contribution in [2.45, 2.75) is 12.5 Å². The first-order valence-electron chi connectivity index (χ1n) is 4.91. The zero-order chi connectivity index (χ0) is 10.1. The molecule has 0 spiro atoms. The minimum Gasteiger partial charge on any atom is -0.337 e. The lowest BCUT2D eigenvalue weighted by molar-refractivity contribution is 0.273. The van der Waals surface area contributed by atoms with Crippen LogP contribution in [-0.2, 0) is 0 Å². The summed E-state index contributed by atoms with van der Waals surface area (Å²) in [4.78, 5) is 8.28. The molecule has 1 fully saturated rings. The van der Waals surface area contributed by atoms with Gasteiger partial charge in [0.05, 0.1) is 6.04 Å². The Balaban J connectivity index is 1.90. The Bertz CT molecular complexity index is 449. The second-order valence-electron chi connectivity index (χ2n) is 3.49. The minimum absolute atomic E-state index is 0.244. The van der Waals surface area contributed by atoms with E-state index in [1.807, 2.05) is 12.1 Å². The van der Waals surface area contributed by atoms with Gasteiger partial charge >= 0.3 is 0 Å². The third-order valence-corrected chi connectivity index (χ3v) is 2.50. The Morgan fingerprint density at radius 1 is 1.33 bits per heavy atom. The molecule has 0 aliphatic carbocycles. The maximum absolute atomic E-state index is 5.18. The van der Waals surface area contributed by atoms with E-state index in [9.17, 15) is 0 Å². The largest absolute Gasteiger partial charge is 0.337 e. The fourth-order valence-electron chi connectivity index (χ4n) is 1.49. The second kappa shape index (κ2) is 3.43. The molecule has 0 unspecified atom stereocenters. The highest BCUT2D eigenvalue weighted by Crippen LogP contribution is 2.23. The molecular weight excluding hydrogens is 192 g/mol. The zero-order valence-corrected chi connectivity index (χ0v) is 8.05. The molecule has 1 aliphatic rings. The van der Waals surface area contributed by atoms with Crippen molar-refractivity contribution in [2.24, 2.45) is 0 Å². The van der Waals surface area contributed by atoms with Crippen molar-refractivity contribution >= 4 is 0 Å². The molecule has 1 saturated heterocycles. The molecule has 5 heteroatoms. The van der Waals surface area contributed by atoms with Gasteiger partial charge in [-0.15, -0.1) is 0 Å². The van der Waals surface area contributed by atoms with E-state index in [1.54, 1.807) is 12.4 Å². The molecule has 15 heavy (non-hydrogen) atoms. The van der Waals surface area contributed by atoms with Gasteiger partial charge in [0.2, 0.25) is 11.7 Å². The van der Waals surface area contributed by atoms with Crippen molar-refractivity contribution in [1.82, 2.24) is 20.4 Å². The molecule has 2 aromatic rings. The fourth-order valence-corrected chi connectivity index (χ4v) is 1.49. The van der Waals surface area contributed by atoms with Crippen LogP contribution in [0.1, 0.15) is 18.4 Å². The Kier molecular flexibility index (Phi) is 1.96. The zero-order valence-electron chi connectivity index (χ0n) is 8.05. The average Bonchev–Trinajstić information content (AvgIpc) is 2.66. The van der Waals surface area contributed by atoms with Crippen LogP contribution in [0.25, 0.3) is 11.4 Å². The summed E-state index contributed by atoms with van der Waals surface area (Å²) >= 11 is 0. The molecular formula is C10H10N4O. The van der Waals surface area contributed by atoms with Crippen LogP contribution < -0.4 is 5.32 Å². The van der Waals surface area contributed by atoms with Crippen LogP contribution >= 0.6 is 0 Å². The number of hydrogen-bond donors (Lipinski definition) is 1. The van der Waals surface area contributed by atoms with Gasteiger partial charge in [0, 0.05) is 18.0 Å². The van der Waals surface area contributed by atoms with Gasteiger partial charge in [-0.2, -0.15) is 4.98 Å². The number of nitrogens with zero attached hydrogens (tertiary/aromatic N) is 3. The summed E-state index contributed by atoms with van der Waals surface area (Å²) in [6.45, 7) is 1.03. The third-order valence-electron chi connectivity index (χ3n) is 2.50. The Morgan fingerprint density at radius 3 is 2.80 bits per heavy atom. The summed E-state index contributed by atoms with van der Waals surface area (Å²) < 4.78 is 5.18. The number of nitrogens with one attached hydrogen (secondary N) is 1. The highest BCUT2D eigenvalue weighted by atomic mass is 16.5. The van der Waals surface area contributed by atoms with Crippen molar-refractivity contribution in [3.63, 3.8) is 0 Å². The molecule has 0 saturated carbocycles. The van der Waals surface area contributed by atoms with Crippen LogP contribution in [0, 0.1) is 0 Å². The van der Waals surface area contributed by atoms with Crippen molar-refractivity contribution in [3.8, 4) is 11.4 Å². The molecule has 0 aromatic carbocycles. The van der Waals surface area contributed by atoms with Crippen LogP contribution in [0.4, 0.5) is 0 Å². The van der Waals surface area contributed by atoms with Crippen LogP contribution in [-0.4, -0.2) is 21.7 Å². The Hall–Kier alpha value is -1.75. The molecule has 3 rings (SSSR count). The lowest BCUT2D eigenvalue weighted by Crippen LogP contribution is -2.35. The van der Waals surface area contributed by atoms with E-state index in [4.69, 9.17) is 4.52 Å². The first-order valence-corrected chi connectivity index (χ1v) is 4.91. The monoisotopic (exact) mass is 202 g/mol. The summed E-state index contributed by atoms with van der Waals surface area (Å²) in [7, 11) is 0. The molecule has 1 aliphatic heterocycles. The highest BCUT2D eigenvalue weighted by molar-refractivity contribution is 5.52. The average molecular weight is 202 g/mol. The minimum atomic E-state index is 0.244. The van der Waals surface area contributed by atoms with E-state index in [0.29, 0.717) is 11.7 Å². The number of rotatable bonds is 2. The third kappa shape index (κ3) is 1.50. The van der Waals surface area contributed by atoms with Gasteiger partial charge in [-0.25, -0.2) is 0 Å². The van der Waals surface area contributed by atoms with E-state index in [0.717, 1.165) is 18.5 Å². The van der Waals surface area contributed by atoms with Gasteiger partial charge in [0.15, 0.2) is 0 Å². The van der Waals surface area contributed by atoms with E-state index in [2.05, 4.69) is 20.4 Å². The topological polar surface area (TPSA) is 63.8 Å². The van der Waals surface area contributed by atoms with Gasteiger partial charge in [0.25, 0.3) is 0 Å². The highest BCUT2D eigenvalue weighted by Gasteiger charge is 2.24. The fraction of sp³-hybridized carbons (Fsp3) is 0.300. The van der Waals surface area contributed by atoms with E-state index < -0.39 is 0 Å².